The van der Waals surface area contributed by atoms with Crippen molar-refractivity contribution in [1.29, 1.82) is 0 Å². The number of nitrogens with two attached hydrogens (primary N) is 1. The fourth-order valence-corrected chi connectivity index (χ4v) is 1.75. The molecule has 1 unspecified atom stereocenters. The molecular weight excluding hydrogens is 212 g/mol. The maximum atomic E-state index is 6.10. The van der Waals surface area contributed by atoms with Gasteiger partial charge in [-0.1, -0.05) is 13.0 Å². The smallest absolute Gasteiger partial charge is 0.0795 e. The molecule has 0 aromatic carbocycles. The Morgan fingerprint density at radius 3 is 2.71 bits per heavy atom. The molecule has 0 spiro atoms. The molecule has 0 bridgehead atoms. The molecule has 0 aliphatic heterocycles. The monoisotopic (exact) mass is 230 g/mol. The van der Waals surface area contributed by atoms with Crippen LogP contribution >= 0.6 is 0 Å². The van der Waals surface area contributed by atoms with Crippen LogP contribution in [-0.4, -0.2) is 14.8 Å². The summed E-state index contributed by atoms with van der Waals surface area (Å²) in [5, 5.41) is 4.30. The van der Waals surface area contributed by atoms with Crippen LogP contribution in [-0.2, 0) is 19.9 Å². The molecule has 0 aliphatic carbocycles. The van der Waals surface area contributed by atoms with Crippen LogP contribution in [0.15, 0.2) is 30.6 Å². The molecule has 2 aromatic rings. The second kappa shape index (κ2) is 5.10. The van der Waals surface area contributed by atoms with Crippen LogP contribution in [0.3, 0.4) is 0 Å². The van der Waals surface area contributed by atoms with E-state index in [0.717, 1.165) is 24.2 Å². The Labute approximate surface area is 101 Å². The molecule has 2 N–H and O–H groups in total. The summed E-state index contributed by atoms with van der Waals surface area (Å²) in [6.07, 6.45) is 5.56. The number of aryl methyl sites for hydroxylation is 2. The molecule has 4 nitrogen and oxygen atoms in total. The normalized spacial score (nSPS) is 12.6. The van der Waals surface area contributed by atoms with Crippen LogP contribution in [0.2, 0.25) is 0 Å². The lowest BCUT2D eigenvalue weighted by atomic mass is 10.1. The highest BCUT2D eigenvalue weighted by Crippen LogP contribution is 2.13. The molecule has 0 aliphatic rings. The lowest BCUT2D eigenvalue weighted by Gasteiger charge is -2.08. The van der Waals surface area contributed by atoms with E-state index in [1.165, 1.54) is 5.56 Å². The van der Waals surface area contributed by atoms with Crippen molar-refractivity contribution in [3.8, 4) is 0 Å². The third-order valence-corrected chi connectivity index (χ3v) is 2.84. The van der Waals surface area contributed by atoms with Gasteiger partial charge in [-0.15, -0.1) is 0 Å². The molecule has 17 heavy (non-hydrogen) atoms. The number of pyridine rings is 1. The molecule has 2 aromatic heterocycles. The third-order valence-electron chi connectivity index (χ3n) is 2.84. The van der Waals surface area contributed by atoms with Crippen LogP contribution in [0, 0.1) is 0 Å². The second-order valence-corrected chi connectivity index (χ2v) is 4.24. The van der Waals surface area contributed by atoms with Crippen molar-refractivity contribution in [3.05, 3.63) is 47.5 Å². The largest absolute Gasteiger partial charge is 0.322 e. The van der Waals surface area contributed by atoms with Gasteiger partial charge in [-0.2, -0.15) is 5.10 Å². The first-order valence-electron chi connectivity index (χ1n) is 5.88. The van der Waals surface area contributed by atoms with Gasteiger partial charge in [0.2, 0.25) is 0 Å². The van der Waals surface area contributed by atoms with E-state index in [1.54, 1.807) is 4.68 Å². The summed E-state index contributed by atoms with van der Waals surface area (Å²) in [6, 6.07) is 6.01. The molecule has 1 atom stereocenters. The molecule has 2 rings (SSSR count). The average molecular weight is 230 g/mol. The lowest BCUT2D eigenvalue weighted by molar-refractivity contribution is 0.649. The topological polar surface area (TPSA) is 56.7 Å². The number of aromatic nitrogens is 3. The highest BCUT2D eigenvalue weighted by atomic mass is 15.3. The molecule has 0 saturated carbocycles. The highest BCUT2D eigenvalue weighted by molar-refractivity contribution is 5.16. The van der Waals surface area contributed by atoms with Crippen LogP contribution in [0.4, 0.5) is 0 Å². The van der Waals surface area contributed by atoms with Crippen molar-refractivity contribution in [3.63, 3.8) is 0 Å². The van der Waals surface area contributed by atoms with Crippen molar-refractivity contribution in [2.75, 3.05) is 0 Å². The minimum Gasteiger partial charge on any atom is -0.322 e. The van der Waals surface area contributed by atoms with E-state index >= 15 is 0 Å². The van der Waals surface area contributed by atoms with Crippen LogP contribution < -0.4 is 5.73 Å². The second-order valence-electron chi connectivity index (χ2n) is 4.24. The van der Waals surface area contributed by atoms with E-state index in [0.29, 0.717) is 0 Å². The molecule has 0 radical (unpaired) electrons. The van der Waals surface area contributed by atoms with E-state index in [1.807, 2.05) is 31.6 Å². The summed E-state index contributed by atoms with van der Waals surface area (Å²) >= 11 is 0. The summed E-state index contributed by atoms with van der Waals surface area (Å²) in [5.41, 5.74) is 9.27. The first-order valence-corrected chi connectivity index (χ1v) is 5.88. The van der Waals surface area contributed by atoms with Gasteiger partial charge in [0.1, 0.15) is 0 Å². The number of hydrogen-bond acceptors (Lipinski definition) is 3. The average Bonchev–Trinajstić information content (AvgIpc) is 2.77. The number of hydrogen-bond donors (Lipinski definition) is 1. The van der Waals surface area contributed by atoms with Gasteiger partial charge in [0.05, 0.1) is 11.7 Å². The van der Waals surface area contributed by atoms with Gasteiger partial charge in [0.15, 0.2) is 0 Å². The molecule has 2 heterocycles. The van der Waals surface area contributed by atoms with Gasteiger partial charge in [-0.3, -0.25) is 9.67 Å². The van der Waals surface area contributed by atoms with Crippen molar-refractivity contribution >= 4 is 0 Å². The van der Waals surface area contributed by atoms with Gasteiger partial charge in [-0.05, 0) is 24.1 Å². The van der Waals surface area contributed by atoms with Gasteiger partial charge in [-0.25, -0.2) is 0 Å². The lowest BCUT2D eigenvalue weighted by Crippen LogP contribution is -2.15. The molecule has 90 valence electrons. The van der Waals surface area contributed by atoms with Crippen molar-refractivity contribution in [2.45, 2.75) is 25.8 Å². The van der Waals surface area contributed by atoms with Gasteiger partial charge in [0, 0.05) is 31.6 Å². The zero-order chi connectivity index (χ0) is 12.3. The Hall–Kier alpha value is -1.68. The van der Waals surface area contributed by atoms with Gasteiger partial charge >= 0.3 is 0 Å². The van der Waals surface area contributed by atoms with Gasteiger partial charge in [0.25, 0.3) is 0 Å². The van der Waals surface area contributed by atoms with Crippen LogP contribution in [0.1, 0.15) is 29.9 Å². The zero-order valence-electron chi connectivity index (χ0n) is 10.3. The van der Waals surface area contributed by atoms with Crippen molar-refractivity contribution < 1.29 is 0 Å². The molecule has 0 amide bonds. The quantitative estimate of drug-likeness (QED) is 0.868. The van der Waals surface area contributed by atoms with Crippen LogP contribution in [0.25, 0.3) is 0 Å². The minimum atomic E-state index is -0.0869. The van der Waals surface area contributed by atoms with E-state index in [-0.39, 0.29) is 6.04 Å². The fourth-order valence-electron chi connectivity index (χ4n) is 1.75. The minimum absolute atomic E-state index is 0.0869. The zero-order valence-corrected chi connectivity index (χ0v) is 10.3. The fraction of sp³-hybridized carbons (Fsp3) is 0.385. The first-order chi connectivity index (χ1) is 8.19. The summed E-state index contributed by atoms with van der Waals surface area (Å²) in [5.74, 6) is 0. The Morgan fingerprint density at radius 2 is 2.18 bits per heavy atom. The van der Waals surface area contributed by atoms with E-state index in [4.69, 9.17) is 5.73 Å². The number of rotatable bonds is 4. The summed E-state index contributed by atoms with van der Waals surface area (Å²) in [7, 11) is 1.89. The van der Waals surface area contributed by atoms with Crippen molar-refractivity contribution in [2.24, 2.45) is 12.8 Å². The Balaban J connectivity index is 2.04. The Morgan fingerprint density at radius 1 is 1.35 bits per heavy atom. The maximum Gasteiger partial charge on any atom is 0.0795 e. The molecule has 0 fully saturated rings. The molecule has 0 saturated heterocycles. The first kappa shape index (κ1) is 11.8. The summed E-state index contributed by atoms with van der Waals surface area (Å²) < 4.78 is 1.77. The Kier molecular flexibility index (Phi) is 3.54. The maximum absolute atomic E-state index is 6.10. The summed E-state index contributed by atoms with van der Waals surface area (Å²) in [6.45, 7) is 2.12. The van der Waals surface area contributed by atoms with E-state index < -0.39 is 0 Å². The number of nitrogens with zero attached hydrogens (tertiary/aromatic N) is 3. The molecular formula is C13H18N4. The predicted octanol–water partition coefficient (Wildman–Crippen LogP) is 1.62. The Bertz CT molecular complexity index is 472. The predicted molar refractivity (Wildman–Crippen MR) is 67.5 cm³/mol. The van der Waals surface area contributed by atoms with Crippen molar-refractivity contribution in [1.82, 2.24) is 14.8 Å². The van der Waals surface area contributed by atoms with E-state index in [9.17, 15) is 0 Å². The van der Waals surface area contributed by atoms with Gasteiger partial charge < -0.3 is 5.73 Å². The standard InChI is InChI=1S/C13H18N4/c1-3-10-4-5-11(15-9-10)8-12(14)13-6-7-17(2)16-13/h4-7,9,12H,3,8,14H2,1-2H3. The third kappa shape index (κ3) is 2.91. The van der Waals surface area contributed by atoms with Crippen LogP contribution in [0.5, 0.6) is 0 Å². The SMILES string of the molecule is CCc1ccc(CC(N)c2ccn(C)n2)nc1. The summed E-state index contributed by atoms with van der Waals surface area (Å²) in [4.78, 5) is 4.41. The molecule has 4 heteroatoms. The van der Waals surface area contributed by atoms with E-state index in [2.05, 4.69) is 23.1 Å². The highest BCUT2D eigenvalue weighted by Gasteiger charge is 2.10.